The highest BCUT2D eigenvalue weighted by Gasteiger charge is 2.15. The molecule has 0 radical (unpaired) electrons. The van der Waals surface area contributed by atoms with Gasteiger partial charge in [0.05, 0.1) is 15.3 Å². The molecule has 0 aliphatic heterocycles. The van der Waals surface area contributed by atoms with Crippen LogP contribution in [0.3, 0.4) is 0 Å². The van der Waals surface area contributed by atoms with E-state index in [1.807, 2.05) is 19.9 Å². The summed E-state index contributed by atoms with van der Waals surface area (Å²) in [4.78, 5) is 6.36. The molecule has 0 aliphatic carbocycles. The molecule has 1 unspecified atom stereocenters. The SMILES string of the molecule is CCN(CC(C)C(=N)N)c1ncc(Cl)cc1Br. The summed E-state index contributed by atoms with van der Waals surface area (Å²) >= 11 is 9.30. The number of aromatic nitrogens is 1. The van der Waals surface area contributed by atoms with Gasteiger partial charge in [0.15, 0.2) is 0 Å². The van der Waals surface area contributed by atoms with E-state index in [9.17, 15) is 0 Å². The predicted molar refractivity (Wildman–Crippen MR) is 75.9 cm³/mol. The molecule has 1 aromatic rings. The van der Waals surface area contributed by atoms with Gasteiger partial charge in [0.2, 0.25) is 0 Å². The Balaban J connectivity index is 2.90. The van der Waals surface area contributed by atoms with E-state index in [4.69, 9.17) is 22.7 Å². The van der Waals surface area contributed by atoms with Gasteiger partial charge in [-0.05, 0) is 28.9 Å². The summed E-state index contributed by atoms with van der Waals surface area (Å²) in [6, 6.07) is 1.81. The van der Waals surface area contributed by atoms with Gasteiger partial charge < -0.3 is 10.6 Å². The third-order valence-corrected chi connectivity index (χ3v) is 3.29. The molecule has 0 amide bonds. The number of amidine groups is 1. The van der Waals surface area contributed by atoms with Crippen LogP contribution >= 0.6 is 27.5 Å². The number of hydrogen-bond donors (Lipinski definition) is 2. The zero-order chi connectivity index (χ0) is 13.0. The first kappa shape index (κ1) is 14.3. The van der Waals surface area contributed by atoms with Crippen molar-refractivity contribution < 1.29 is 0 Å². The molecule has 0 aliphatic rings. The lowest BCUT2D eigenvalue weighted by Gasteiger charge is -2.26. The van der Waals surface area contributed by atoms with Gasteiger partial charge in [0, 0.05) is 25.2 Å². The fourth-order valence-corrected chi connectivity index (χ4v) is 2.32. The fourth-order valence-electron chi connectivity index (χ4n) is 1.43. The van der Waals surface area contributed by atoms with Crippen LogP contribution in [0.25, 0.3) is 0 Å². The lowest BCUT2D eigenvalue weighted by atomic mass is 10.1. The van der Waals surface area contributed by atoms with Gasteiger partial charge >= 0.3 is 0 Å². The van der Waals surface area contributed by atoms with Crippen LogP contribution < -0.4 is 10.6 Å². The Morgan fingerprint density at radius 1 is 1.71 bits per heavy atom. The normalized spacial score (nSPS) is 12.2. The summed E-state index contributed by atoms with van der Waals surface area (Å²) in [6.45, 7) is 5.42. The second kappa shape index (κ2) is 6.21. The number of halogens is 2. The Morgan fingerprint density at radius 2 is 2.35 bits per heavy atom. The highest BCUT2D eigenvalue weighted by molar-refractivity contribution is 9.10. The molecule has 4 nitrogen and oxygen atoms in total. The first-order chi connectivity index (χ1) is 7.95. The van der Waals surface area contributed by atoms with Crippen molar-refractivity contribution in [3.8, 4) is 0 Å². The van der Waals surface area contributed by atoms with E-state index in [0.29, 0.717) is 11.6 Å². The van der Waals surface area contributed by atoms with Crippen LogP contribution in [0.5, 0.6) is 0 Å². The predicted octanol–water partition coefficient (Wildman–Crippen LogP) is 2.90. The number of anilines is 1. The van der Waals surface area contributed by atoms with Gasteiger partial charge in [-0.1, -0.05) is 18.5 Å². The van der Waals surface area contributed by atoms with Crippen molar-refractivity contribution in [2.24, 2.45) is 11.7 Å². The maximum absolute atomic E-state index is 7.42. The fraction of sp³-hybridized carbons (Fsp3) is 0.455. The number of pyridine rings is 1. The first-order valence-corrected chi connectivity index (χ1v) is 6.52. The molecule has 0 spiro atoms. The third-order valence-electron chi connectivity index (χ3n) is 2.49. The molecule has 0 saturated carbocycles. The number of nitrogens with one attached hydrogen (secondary N) is 1. The number of rotatable bonds is 5. The molecule has 0 saturated heterocycles. The molecule has 0 bridgehead atoms. The van der Waals surface area contributed by atoms with E-state index in [0.717, 1.165) is 16.8 Å². The quantitative estimate of drug-likeness (QED) is 0.648. The number of hydrogen-bond acceptors (Lipinski definition) is 3. The largest absolute Gasteiger partial charge is 0.387 e. The zero-order valence-electron chi connectivity index (χ0n) is 9.87. The monoisotopic (exact) mass is 318 g/mol. The van der Waals surface area contributed by atoms with Crippen molar-refractivity contribution in [2.45, 2.75) is 13.8 Å². The third kappa shape index (κ3) is 3.85. The Hall–Kier alpha value is -0.810. The Morgan fingerprint density at radius 3 is 2.82 bits per heavy atom. The van der Waals surface area contributed by atoms with E-state index in [1.165, 1.54) is 0 Å². The van der Waals surface area contributed by atoms with Gasteiger partial charge in [-0.15, -0.1) is 0 Å². The molecule has 0 aromatic carbocycles. The lowest BCUT2D eigenvalue weighted by Crippen LogP contribution is -2.35. The number of nitrogens with zero attached hydrogens (tertiary/aromatic N) is 2. The molecular weight excluding hydrogens is 304 g/mol. The molecule has 1 heterocycles. The van der Waals surface area contributed by atoms with Crippen LogP contribution in [0, 0.1) is 11.3 Å². The molecule has 17 heavy (non-hydrogen) atoms. The number of nitrogens with two attached hydrogens (primary N) is 1. The topological polar surface area (TPSA) is 66.0 Å². The first-order valence-electron chi connectivity index (χ1n) is 5.35. The highest BCUT2D eigenvalue weighted by Crippen LogP contribution is 2.26. The smallest absolute Gasteiger partial charge is 0.142 e. The van der Waals surface area contributed by atoms with Crippen molar-refractivity contribution in [3.63, 3.8) is 0 Å². The van der Waals surface area contributed by atoms with Crippen LogP contribution in [-0.4, -0.2) is 23.9 Å². The second-order valence-electron chi connectivity index (χ2n) is 3.85. The summed E-state index contributed by atoms with van der Waals surface area (Å²) in [5.41, 5.74) is 5.48. The van der Waals surface area contributed by atoms with Gasteiger partial charge in [-0.2, -0.15) is 0 Å². The average molecular weight is 320 g/mol. The minimum absolute atomic E-state index is 0.000622. The molecule has 1 atom stereocenters. The van der Waals surface area contributed by atoms with Gasteiger partial charge in [-0.3, -0.25) is 5.41 Å². The van der Waals surface area contributed by atoms with Crippen molar-refractivity contribution in [3.05, 3.63) is 21.8 Å². The minimum Gasteiger partial charge on any atom is -0.387 e. The Kier molecular flexibility index (Phi) is 5.21. The van der Waals surface area contributed by atoms with Crippen molar-refractivity contribution in [1.82, 2.24) is 4.98 Å². The summed E-state index contributed by atoms with van der Waals surface area (Å²) in [7, 11) is 0. The van der Waals surface area contributed by atoms with Crippen LogP contribution in [0.1, 0.15) is 13.8 Å². The van der Waals surface area contributed by atoms with Gasteiger partial charge in [0.25, 0.3) is 0 Å². The van der Waals surface area contributed by atoms with Gasteiger partial charge in [-0.25, -0.2) is 4.98 Å². The molecule has 0 fully saturated rings. The average Bonchev–Trinajstić information content (AvgIpc) is 2.26. The molecule has 6 heteroatoms. The standard InChI is InChI=1S/C11H16BrClN4/c1-3-17(6-7(2)10(14)15)11-9(12)4-8(13)5-16-11/h4-5,7H,3,6H2,1-2H3,(H3,14,15). The summed E-state index contributed by atoms with van der Waals surface area (Å²) in [5, 5.41) is 8.01. The molecule has 3 N–H and O–H groups in total. The van der Waals surface area contributed by atoms with Crippen LogP contribution in [-0.2, 0) is 0 Å². The summed E-state index contributed by atoms with van der Waals surface area (Å²) < 4.78 is 0.850. The zero-order valence-corrected chi connectivity index (χ0v) is 12.2. The Bertz CT molecular complexity index is 410. The van der Waals surface area contributed by atoms with E-state index in [-0.39, 0.29) is 11.8 Å². The maximum Gasteiger partial charge on any atom is 0.142 e. The van der Waals surface area contributed by atoms with Crippen molar-refractivity contribution >= 4 is 39.2 Å². The highest BCUT2D eigenvalue weighted by atomic mass is 79.9. The molecule has 1 aromatic heterocycles. The van der Waals surface area contributed by atoms with Crippen LogP contribution in [0.4, 0.5) is 5.82 Å². The van der Waals surface area contributed by atoms with E-state index in [1.54, 1.807) is 6.20 Å². The molecule has 94 valence electrons. The van der Waals surface area contributed by atoms with Gasteiger partial charge in [0.1, 0.15) is 5.82 Å². The maximum atomic E-state index is 7.42. The Labute approximate surface area is 115 Å². The van der Waals surface area contributed by atoms with E-state index >= 15 is 0 Å². The summed E-state index contributed by atoms with van der Waals surface area (Å²) in [6.07, 6.45) is 1.61. The summed E-state index contributed by atoms with van der Waals surface area (Å²) in [5.74, 6) is 1.01. The van der Waals surface area contributed by atoms with Crippen LogP contribution in [0.2, 0.25) is 5.02 Å². The second-order valence-corrected chi connectivity index (χ2v) is 5.14. The minimum atomic E-state index is -0.000622. The van der Waals surface area contributed by atoms with Crippen molar-refractivity contribution in [1.29, 1.82) is 5.41 Å². The van der Waals surface area contributed by atoms with Crippen LogP contribution in [0.15, 0.2) is 16.7 Å². The van der Waals surface area contributed by atoms with E-state index < -0.39 is 0 Å². The van der Waals surface area contributed by atoms with E-state index in [2.05, 4.69) is 25.8 Å². The lowest BCUT2D eigenvalue weighted by molar-refractivity contribution is 0.689. The molecular formula is C11H16BrClN4. The molecule has 1 rings (SSSR count). The van der Waals surface area contributed by atoms with Crippen molar-refractivity contribution in [2.75, 3.05) is 18.0 Å².